The maximum atomic E-state index is 4.63. The van der Waals surface area contributed by atoms with Gasteiger partial charge in [-0.2, -0.15) is 0 Å². The summed E-state index contributed by atoms with van der Waals surface area (Å²) in [5.41, 5.74) is 2.20. The summed E-state index contributed by atoms with van der Waals surface area (Å²) < 4.78 is 0. The number of nitrogens with one attached hydrogen (secondary N) is 1. The van der Waals surface area contributed by atoms with E-state index in [1.807, 2.05) is 18.3 Å². The molecule has 19 heavy (non-hydrogen) atoms. The maximum absolute atomic E-state index is 4.63. The lowest BCUT2D eigenvalue weighted by Crippen LogP contribution is -2.07. The summed E-state index contributed by atoms with van der Waals surface area (Å²) in [6, 6.07) is 6.03. The lowest BCUT2D eigenvalue weighted by molar-refractivity contribution is 0.761. The van der Waals surface area contributed by atoms with E-state index in [1.165, 1.54) is 5.56 Å². The Hall–Kier alpha value is -1.97. The van der Waals surface area contributed by atoms with Crippen molar-refractivity contribution in [2.45, 2.75) is 33.1 Å². The molecule has 0 unspecified atom stereocenters. The van der Waals surface area contributed by atoms with E-state index in [2.05, 4.69) is 47.1 Å². The van der Waals surface area contributed by atoms with E-state index in [4.69, 9.17) is 0 Å². The lowest BCUT2D eigenvalue weighted by atomic mass is 10.1. The predicted octanol–water partition coefficient (Wildman–Crippen LogP) is 3.02. The molecule has 2 aromatic heterocycles. The van der Waals surface area contributed by atoms with Crippen LogP contribution in [0.15, 0.2) is 30.6 Å². The molecule has 2 heterocycles. The average Bonchev–Trinajstić information content (AvgIpc) is 2.40. The highest BCUT2D eigenvalue weighted by molar-refractivity contribution is 5.37. The van der Waals surface area contributed by atoms with Crippen LogP contribution in [0.5, 0.6) is 0 Å². The van der Waals surface area contributed by atoms with Gasteiger partial charge in [0.2, 0.25) is 0 Å². The van der Waals surface area contributed by atoms with Crippen molar-refractivity contribution in [1.82, 2.24) is 15.0 Å². The first kappa shape index (κ1) is 13.5. The molecule has 0 amide bonds. The van der Waals surface area contributed by atoms with E-state index in [0.29, 0.717) is 5.92 Å². The Morgan fingerprint density at radius 1 is 1.26 bits per heavy atom. The molecule has 0 aliphatic carbocycles. The van der Waals surface area contributed by atoms with Gasteiger partial charge in [0.25, 0.3) is 0 Å². The molecule has 0 saturated heterocycles. The van der Waals surface area contributed by atoms with E-state index < -0.39 is 0 Å². The molecule has 0 spiro atoms. The summed E-state index contributed by atoms with van der Waals surface area (Å²) >= 11 is 0. The first-order valence-electron chi connectivity index (χ1n) is 6.69. The second-order valence-electron chi connectivity index (χ2n) is 4.83. The van der Waals surface area contributed by atoms with Gasteiger partial charge in [-0.25, -0.2) is 9.97 Å². The molecule has 0 aliphatic heterocycles. The minimum absolute atomic E-state index is 0.325. The normalized spacial score (nSPS) is 10.7. The van der Waals surface area contributed by atoms with Crippen LogP contribution < -0.4 is 5.32 Å². The minimum Gasteiger partial charge on any atom is -0.370 e. The van der Waals surface area contributed by atoms with Gasteiger partial charge in [-0.05, 0) is 18.6 Å². The average molecular weight is 256 g/mol. The fraction of sp³-hybridized carbons (Fsp3) is 0.400. The molecule has 4 nitrogen and oxygen atoms in total. The molecule has 1 N–H and O–H groups in total. The van der Waals surface area contributed by atoms with Gasteiger partial charge in [0.15, 0.2) is 0 Å². The minimum atomic E-state index is 0.325. The molecule has 0 aromatic carbocycles. The van der Waals surface area contributed by atoms with Crippen molar-refractivity contribution in [2.24, 2.45) is 0 Å². The number of nitrogens with zero attached hydrogens (tertiary/aromatic N) is 3. The Labute approximate surface area is 114 Å². The highest BCUT2D eigenvalue weighted by Gasteiger charge is 2.08. The Balaban J connectivity index is 2.28. The molecule has 100 valence electrons. The number of hydrogen-bond donors (Lipinski definition) is 1. The first-order chi connectivity index (χ1) is 9.19. The Morgan fingerprint density at radius 2 is 2.11 bits per heavy atom. The molecule has 0 fully saturated rings. The van der Waals surface area contributed by atoms with Gasteiger partial charge >= 0.3 is 0 Å². The topological polar surface area (TPSA) is 50.7 Å². The molecule has 0 aliphatic rings. The van der Waals surface area contributed by atoms with Crippen LogP contribution in [0.25, 0.3) is 0 Å². The van der Waals surface area contributed by atoms with Crippen molar-refractivity contribution in [3.8, 4) is 0 Å². The molecule has 0 radical (unpaired) electrons. The third kappa shape index (κ3) is 3.74. The zero-order chi connectivity index (χ0) is 13.7. The summed E-state index contributed by atoms with van der Waals surface area (Å²) in [7, 11) is 0. The zero-order valence-corrected chi connectivity index (χ0v) is 11.7. The second kappa shape index (κ2) is 6.27. The molecule has 2 aromatic rings. The smallest absolute Gasteiger partial charge is 0.133 e. The number of pyridine rings is 1. The standard InChI is InChI=1S/C15H20N4/c1-4-17-14-9-13(18-15(19-14)11(2)3)8-12-6-5-7-16-10-12/h5-7,9-11H,4,8H2,1-3H3,(H,17,18,19). The zero-order valence-electron chi connectivity index (χ0n) is 11.7. The quantitative estimate of drug-likeness (QED) is 0.893. The van der Waals surface area contributed by atoms with Gasteiger partial charge in [0.1, 0.15) is 11.6 Å². The lowest BCUT2D eigenvalue weighted by Gasteiger charge is -2.10. The van der Waals surface area contributed by atoms with E-state index in [0.717, 1.165) is 30.3 Å². The van der Waals surface area contributed by atoms with Crippen molar-refractivity contribution >= 4 is 5.82 Å². The SMILES string of the molecule is CCNc1cc(Cc2cccnc2)nc(C(C)C)n1. The van der Waals surface area contributed by atoms with Crippen LogP contribution in [0.2, 0.25) is 0 Å². The number of aromatic nitrogens is 3. The molecular weight excluding hydrogens is 236 g/mol. The second-order valence-corrected chi connectivity index (χ2v) is 4.83. The summed E-state index contributed by atoms with van der Waals surface area (Å²) in [6.45, 7) is 7.15. The van der Waals surface area contributed by atoms with Crippen molar-refractivity contribution in [1.29, 1.82) is 0 Å². The summed E-state index contributed by atoms with van der Waals surface area (Å²) in [5.74, 6) is 2.11. The van der Waals surface area contributed by atoms with Gasteiger partial charge in [0, 0.05) is 37.3 Å². The molecule has 0 bridgehead atoms. The van der Waals surface area contributed by atoms with E-state index in [-0.39, 0.29) is 0 Å². The van der Waals surface area contributed by atoms with Gasteiger partial charge in [-0.3, -0.25) is 4.98 Å². The van der Waals surface area contributed by atoms with Gasteiger partial charge in [0.05, 0.1) is 5.69 Å². The van der Waals surface area contributed by atoms with Crippen LogP contribution in [-0.4, -0.2) is 21.5 Å². The summed E-state index contributed by atoms with van der Waals surface area (Å²) in [4.78, 5) is 13.3. The van der Waals surface area contributed by atoms with E-state index >= 15 is 0 Å². The van der Waals surface area contributed by atoms with Crippen molar-refractivity contribution in [3.05, 3.63) is 47.7 Å². The Bertz CT molecular complexity index is 523. The van der Waals surface area contributed by atoms with Crippen LogP contribution in [0, 0.1) is 0 Å². The molecular formula is C15H20N4. The van der Waals surface area contributed by atoms with Crippen LogP contribution in [0.4, 0.5) is 5.82 Å². The summed E-state index contributed by atoms with van der Waals surface area (Å²) in [5, 5.41) is 3.26. The van der Waals surface area contributed by atoms with E-state index in [9.17, 15) is 0 Å². The third-order valence-electron chi connectivity index (χ3n) is 2.78. The van der Waals surface area contributed by atoms with Crippen molar-refractivity contribution in [3.63, 3.8) is 0 Å². The van der Waals surface area contributed by atoms with Crippen molar-refractivity contribution < 1.29 is 0 Å². The number of anilines is 1. The fourth-order valence-corrected chi connectivity index (χ4v) is 1.85. The van der Waals surface area contributed by atoms with Gasteiger partial charge < -0.3 is 5.32 Å². The number of rotatable bonds is 5. The van der Waals surface area contributed by atoms with Crippen molar-refractivity contribution in [2.75, 3.05) is 11.9 Å². The largest absolute Gasteiger partial charge is 0.370 e. The van der Waals surface area contributed by atoms with Gasteiger partial charge in [-0.15, -0.1) is 0 Å². The Kier molecular flexibility index (Phi) is 4.44. The maximum Gasteiger partial charge on any atom is 0.133 e. The third-order valence-corrected chi connectivity index (χ3v) is 2.78. The highest BCUT2D eigenvalue weighted by atomic mass is 15.0. The molecule has 2 rings (SSSR count). The predicted molar refractivity (Wildman–Crippen MR) is 77.3 cm³/mol. The number of hydrogen-bond acceptors (Lipinski definition) is 4. The van der Waals surface area contributed by atoms with Crippen LogP contribution in [0.1, 0.15) is 43.8 Å². The van der Waals surface area contributed by atoms with Crippen LogP contribution in [0.3, 0.4) is 0 Å². The van der Waals surface area contributed by atoms with Crippen LogP contribution >= 0.6 is 0 Å². The van der Waals surface area contributed by atoms with Crippen LogP contribution in [-0.2, 0) is 6.42 Å². The monoisotopic (exact) mass is 256 g/mol. The highest BCUT2D eigenvalue weighted by Crippen LogP contribution is 2.16. The molecule has 4 heteroatoms. The van der Waals surface area contributed by atoms with Gasteiger partial charge in [-0.1, -0.05) is 19.9 Å². The first-order valence-corrected chi connectivity index (χ1v) is 6.69. The molecule has 0 atom stereocenters. The fourth-order valence-electron chi connectivity index (χ4n) is 1.85. The Morgan fingerprint density at radius 3 is 2.74 bits per heavy atom. The summed E-state index contributed by atoms with van der Waals surface area (Å²) in [6.07, 6.45) is 4.45. The van der Waals surface area contributed by atoms with E-state index in [1.54, 1.807) is 6.20 Å². The molecule has 0 saturated carbocycles.